The molecule has 2 nitrogen and oxygen atoms in total. The lowest BCUT2D eigenvalue weighted by molar-refractivity contribution is -0.132. The van der Waals surface area contributed by atoms with Crippen molar-refractivity contribution >= 4 is 5.78 Å². The molecule has 0 aromatic heterocycles. The molecule has 0 amide bonds. The Bertz CT molecular complexity index is 550. The second kappa shape index (κ2) is 5.18. The molecule has 3 saturated carbocycles. The molecule has 4 aliphatic carbocycles. The predicted octanol–water partition coefficient (Wildman–Crippen LogP) is 4.52. The molecule has 2 heteroatoms. The number of carbonyl (C=O) groups is 1. The van der Waals surface area contributed by atoms with E-state index in [1.54, 1.807) is 0 Å². The number of rotatable bonds is 1. The summed E-state index contributed by atoms with van der Waals surface area (Å²) in [4.78, 5) is 11.9. The molecule has 0 aromatic rings. The van der Waals surface area contributed by atoms with Crippen LogP contribution in [0.4, 0.5) is 0 Å². The monoisotopic (exact) mass is 316 g/mol. The van der Waals surface area contributed by atoms with Gasteiger partial charge >= 0.3 is 0 Å². The first-order valence-electron chi connectivity index (χ1n) is 9.80. The van der Waals surface area contributed by atoms with E-state index in [1.807, 2.05) is 0 Å². The second-order valence-corrected chi connectivity index (χ2v) is 9.29. The van der Waals surface area contributed by atoms with Gasteiger partial charge in [0.25, 0.3) is 0 Å². The molecule has 3 fully saturated rings. The third-order valence-corrected chi connectivity index (χ3v) is 8.73. The number of hydrogen-bond donors (Lipinski definition) is 1. The summed E-state index contributed by atoms with van der Waals surface area (Å²) in [5, 5.41) is 10.8. The van der Waals surface area contributed by atoms with Gasteiger partial charge in [0, 0.05) is 18.3 Å². The van der Waals surface area contributed by atoms with E-state index >= 15 is 0 Å². The van der Waals surface area contributed by atoms with Crippen LogP contribution in [0.25, 0.3) is 0 Å². The Morgan fingerprint density at radius 2 is 2.00 bits per heavy atom. The van der Waals surface area contributed by atoms with Crippen molar-refractivity contribution in [3.05, 3.63) is 11.6 Å². The summed E-state index contributed by atoms with van der Waals surface area (Å²) >= 11 is 0. The number of allylic oxidation sites excluding steroid dienone is 1. The second-order valence-electron chi connectivity index (χ2n) is 9.29. The molecular weight excluding hydrogens is 284 g/mol. The maximum absolute atomic E-state index is 11.9. The lowest BCUT2D eigenvalue weighted by atomic mass is 9.46. The topological polar surface area (TPSA) is 37.3 Å². The van der Waals surface area contributed by atoms with Crippen LogP contribution in [0.5, 0.6) is 0 Å². The molecule has 0 bridgehead atoms. The Hall–Kier alpha value is -0.630. The SMILES string of the molecule is CC[C@H]1CC[C@H]2[C@@H]3CC=C4CC(=O)CC(O)[C@]4(C)[C@H]3CC[C@]12C. The van der Waals surface area contributed by atoms with Crippen molar-refractivity contribution in [3.63, 3.8) is 0 Å². The van der Waals surface area contributed by atoms with Crippen LogP contribution in [-0.2, 0) is 4.79 Å². The van der Waals surface area contributed by atoms with Crippen LogP contribution in [0.3, 0.4) is 0 Å². The van der Waals surface area contributed by atoms with E-state index in [-0.39, 0.29) is 11.2 Å². The molecule has 0 spiro atoms. The quantitative estimate of drug-likeness (QED) is 0.722. The fraction of sp³-hybridized carbons (Fsp3) is 0.857. The van der Waals surface area contributed by atoms with E-state index in [9.17, 15) is 9.90 Å². The zero-order valence-corrected chi connectivity index (χ0v) is 15.0. The van der Waals surface area contributed by atoms with Crippen molar-refractivity contribution in [1.82, 2.24) is 0 Å². The Labute approximate surface area is 140 Å². The number of aliphatic hydroxyl groups is 1. The summed E-state index contributed by atoms with van der Waals surface area (Å²) in [6.45, 7) is 7.18. The normalized spacial score (nSPS) is 52.4. The summed E-state index contributed by atoms with van der Waals surface area (Å²) < 4.78 is 0. The van der Waals surface area contributed by atoms with Gasteiger partial charge in [0.05, 0.1) is 6.10 Å². The molecule has 0 heterocycles. The van der Waals surface area contributed by atoms with Gasteiger partial charge in [-0.25, -0.2) is 0 Å². The maximum Gasteiger partial charge on any atom is 0.139 e. The van der Waals surface area contributed by atoms with E-state index in [1.165, 1.54) is 37.7 Å². The number of carbonyl (C=O) groups excluding carboxylic acids is 1. The Balaban J connectivity index is 1.70. The van der Waals surface area contributed by atoms with Gasteiger partial charge < -0.3 is 5.11 Å². The Morgan fingerprint density at radius 3 is 2.74 bits per heavy atom. The van der Waals surface area contributed by atoms with Crippen LogP contribution >= 0.6 is 0 Å². The van der Waals surface area contributed by atoms with Crippen molar-refractivity contribution in [1.29, 1.82) is 0 Å². The van der Waals surface area contributed by atoms with E-state index in [0.29, 0.717) is 24.2 Å². The number of Topliss-reactive ketones (excluding diaryl/α,β-unsaturated/α-hetero) is 1. The average molecular weight is 316 g/mol. The first-order chi connectivity index (χ1) is 10.9. The Kier molecular flexibility index (Phi) is 3.58. The van der Waals surface area contributed by atoms with Crippen LogP contribution in [0.15, 0.2) is 11.6 Å². The van der Waals surface area contributed by atoms with Crippen molar-refractivity contribution in [2.24, 2.45) is 34.5 Å². The van der Waals surface area contributed by atoms with Crippen LogP contribution in [0.2, 0.25) is 0 Å². The van der Waals surface area contributed by atoms with Crippen LogP contribution in [-0.4, -0.2) is 17.0 Å². The molecule has 23 heavy (non-hydrogen) atoms. The highest BCUT2D eigenvalue weighted by atomic mass is 16.3. The van der Waals surface area contributed by atoms with Crippen molar-refractivity contribution in [2.75, 3.05) is 0 Å². The first-order valence-corrected chi connectivity index (χ1v) is 9.80. The summed E-state index contributed by atoms with van der Waals surface area (Å²) in [7, 11) is 0. The molecule has 7 atom stereocenters. The van der Waals surface area contributed by atoms with Crippen LogP contribution < -0.4 is 0 Å². The van der Waals surface area contributed by atoms with Gasteiger partial charge in [-0.2, -0.15) is 0 Å². The maximum atomic E-state index is 11.9. The molecule has 4 aliphatic rings. The van der Waals surface area contributed by atoms with Gasteiger partial charge in [-0.05, 0) is 61.2 Å². The lowest BCUT2D eigenvalue weighted by Crippen LogP contribution is -2.55. The summed E-state index contributed by atoms with van der Waals surface area (Å²) in [5.74, 6) is 3.25. The average Bonchev–Trinajstić information content (AvgIpc) is 2.85. The van der Waals surface area contributed by atoms with Crippen molar-refractivity contribution < 1.29 is 9.90 Å². The smallest absolute Gasteiger partial charge is 0.139 e. The number of aliphatic hydroxyl groups excluding tert-OH is 1. The van der Waals surface area contributed by atoms with E-state index < -0.39 is 6.10 Å². The van der Waals surface area contributed by atoms with Gasteiger partial charge in [-0.15, -0.1) is 0 Å². The van der Waals surface area contributed by atoms with E-state index in [0.717, 1.165) is 24.2 Å². The highest BCUT2D eigenvalue weighted by Crippen LogP contribution is 2.66. The van der Waals surface area contributed by atoms with Gasteiger partial charge in [0.1, 0.15) is 5.78 Å². The zero-order chi connectivity index (χ0) is 16.4. The number of hydrogen-bond acceptors (Lipinski definition) is 2. The molecule has 4 rings (SSSR count). The minimum Gasteiger partial charge on any atom is -0.392 e. The largest absolute Gasteiger partial charge is 0.392 e. The molecule has 0 aromatic carbocycles. The van der Waals surface area contributed by atoms with Crippen LogP contribution in [0.1, 0.15) is 72.1 Å². The molecule has 1 N–H and O–H groups in total. The van der Waals surface area contributed by atoms with Crippen molar-refractivity contribution in [3.8, 4) is 0 Å². The van der Waals surface area contributed by atoms with E-state index in [4.69, 9.17) is 0 Å². The molecule has 0 aliphatic heterocycles. The van der Waals surface area contributed by atoms with Gasteiger partial charge in [0.15, 0.2) is 0 Å². The third kappa shape index (κ3) is 2.00. The van der Waals surface area contributed by atoms with Crippen LogP contribution in [0, 0.1) is 34.5 Å². The standard InChI is InChI=1S/C21H32O2/c1-4-13-6-8-17-16-7-5-14-11-15(22)12-19(23)21(14,3)18(16)9-10-20(13,17)2/h5,13,16-19,23H,4,6-12H2,1-3H3/t13-,16-,17-,18-,19?,20+,21-/m0/s1. The number of fused-ring (bicyclic) bond motifs is 5. The zero-order valence-electron chi connectivity index (χ0n) is 15.0. The lowest BCUT2D eigenvalue weighted by Gasteiger charge is -2.58. The van der Waals surface area contributed by atoms with Crippen molar-refractivity contribution in [2.45, 2.75) is 78.2 Å². The highest BCUT2D eigenvalue weighted by molar-refractivity contribution is 5.83. The third-order valence-electron chi connectivity index (χ3n) is 8.73. The summed E-state index contributed by atoms with van der Waals surface area (Å²) in [6.07, 6.45) is 10.7. The predicted molar refractivity (Wildman–Crippen MR) is 91.9 cm³/mol. The van der Waals surface area contributed by atoms with Gasteiger partial charge in [0.2, 0.25) is 0 Å². The van der Waals surface area contributed by atoms with Gasteiger partial charge in [-0.1, -0.05) is 38.8 Å². The molecule has 0 saturated heterocycles. The summed E-state index contributed by atoms with van der Waals surface area (Å²) in [6, 6.07) is 0. The minimum absolute atomic E-state index is 0.136. The van der Waals surface area contributed by atoms with E-state index in [2.05, 4.69) is 26.8 Å². The number of ketones is 1. The highest BCUT2D eigenvalue weighted by Gasteiger charge is 2.60. The molecule has 128 valence electrons. The summed E-state index contributed by atoms with van der Waals surface area (Å²) in [5.41, 5.74) is 1.64. The first kappa shape index (κ1) is 15.9. The molecule has 1 unspecified atom stereocenters. The van der Waals surface area contributed by atoms with Gasteiger partial charge in [-0.3, -0.25) is 4.79 Å². The fourth-order valence-electron chi connectivity index (χ4n) is 7.31. The molecule has 0 radical (unpaired) electrons. The minimum atomic E-state index is -0.462. The molecular formula is C21H32O2. The Morgan fingerprint density at radius 1 is 1.22 bits per heavy atom. The fourth-order valence-corrected chi connectivity index (χ4v) is 7.31.